The highest BCUT2D eigenvalue weighted by Crippen LogP contribution is 2.26. The van der Waals surface area contributed by atoms with Gasteiger partial charge in [0.1, 0.15) is 12.1 Å². The van der Waals surface area contributed by atoms with Crippen LogP contribution in [0.15, 0.2) is 0 Å². The van der Waals surface area contributed by atoms with Gasteiger partial charge in [-0.05, 0) is 25.7 Å². The average Bonchev–Trinajstić information content (AvgIpc) is 3.26. The Kier molecular flexibility index (Phi) is 43.0. The van der Waals surface area contributed by atoms with Gasteiger partial charge in [0.25, 0.3) is 0 Å². The van der Waals surface area contributed by atoms with Crippen LogP contribution in [0.4, 0.5) is 0 Å². The molecule has 0 radical (unpaired) electrons. The second kappa shape index (κ2) is 44.3. The first-order chi connectivity index (χ1) is 31.1. The molecule has 0 saturated carbocycles. The van der Waals surface area contributed by atoms with Crippen LogP contribution < -0.4 is 10.6 Å². The molecule has 6 atom stereocenters. The zero-order chi connectivity index (χ0) is 46.9. The number of nitrogens with zero attached hydrogens (tertiary/aromatic N) is 2. The van der Waals surface area contributed by atoms with Crippen LogP contribution in [0.1, 0.15) is 207 Å². The van der Waals surface area contributed by atoms with Gasteiger partial charge in [-0.25, -0.2) is 0 Å². The van der Waals surface area contributed by atoms with E-state index < -0.39 is 36.5 Å². The summed E-state index contributed by atoms with van der Waals surface area (Å²) in [7, 11) is 6.51. The maximum absolute atomic E-state index is 13.1. The van der Waals surface area contributed by atoms with Gasteiger partial charge < -0.3 is 31.1 Å². The molecule has 380 valence electrons. The van der Waals surface area contributed by atoms with E-state index in [9.17, 15) is 30.0 Å². The second-order valence-electron chi connectivity index (χ2n) is 18.7. The SMILES string of the molecule is CCCCCCCCC(O)CN(CCSSCC1NC(=O)C(CSSCCN(CC(O)CCCCCCCC)CC(O)CCCCCCCC)NC1=O)CC(O)CCCCCCCC. The Hall–Kier alpha value is 0.1000. The van der Waals surface area contributed by atoms with Crippen LogP contribution in [0, 0.1) is 0 Å². The van der Waals surface area contributed by atoms with Gasteiger partial charge in [-0.3, -0.25) is 19.4 Å². The van der Waals surface area contributed by atoms with Crippen molar-refractivity contribution in [2.45, 2.75) is 244 Å². The lowest BCUT2D eigenvalue weighted by molar-refractivity contribution is -0.135. The molecule has 0 bridgehead atoms. The van der Waals surface area contributed by atoms with Gasteiger partial charge in [-0.15, -0.1) is 0 Å². The highest BCUT2D eigenvalue weighted by Gasteiger charge is 2.33. The first-order valence-electron chi connectivity index (χ1n) is 26.4. The lowest BCUT2D eigenvalue weighted by Crippen LogP contribution is -2.63. The molecule has 0 aromatic rings. The summed E-state index contributed by atoms with van der Waals surface area (Å²) in [6, 6.07) is -1.15. The molecule has 6 unspecified atom stereocenters. The number of unbranched alkanes of at least 4 members (excludes halogenated alkanes) is 20. The first kappa shape index (κ1) is 62.1. The zero-order valence-corrected chi connectivity index (χ0v) is 44.7. The number of aliphatic hydroxyl groups is 4. The summed E-state index contributed by atoms with van der Waals surface area (Å²) in [4.78, 5) is 30.6. The predicted octanol–water partition coefficient (Wildman–Crippen LogP) is 10.8. The summed E-state index contributed by atoms with van der Waals surface area (Å²) in [5.74, 6) is 2.25. The van der Waals surface area contributed by atoms with Crippen molar-refractivity contribution in [2.75, 3.05) is 62.3 Å². The van der Waals surface area contributed by atoms with Crippen LogP contribution in [0.2, 0.25) is 0 Å². The van der Waals surface area contributed by atoms with Gasteiger partial charge in [-0.2, -0.15) is 0 Å². The minimum Gasteiger partial charge on any atom is -0.392 e. The molecule has 0 aromatic heterocycles. The summed E-state index contributed by atoms with van der Waals surface area (Å²) < 4.78 is 0. The molecule has 1 saturated heterocycles. The number of amides is 2. The highest BCUT2D eigenvalue weighted by molar-refractivity contribution is 8.77. The number of hydrogen-bond acceptors (Lipinski definition) is 12. The van der Waals surface area contributed by atoms with Crippen molar-refractivity contribution in [3.05, 3.63) is 0 Å². The summed E-state index contributed by atoms with van der Waals surface area (Å²) in [5, 5.41) is 49.5. The minimum absolute atomic E-state index is 0.148. The van der Waals surface area contributed by atoms with Crippen molar-refractivity contribution >= 4 is 55.0 Å². The van der Waals surface area contributed by atoms with Crippen molar-refractivity contribution < 1.29 is 30.0 Å². The Balaban J connectivity index is 2.50. The topological polar surface area (TPSA) is 146 Å². The standard InChI is InChI=1S/C50H100N4O6S4/c1-5-9-13-17-21-25-29-43(55)37-53(38-44(56)30-26-22-18-14-10-6-2)33-35-61-63-41-47-49(59)52-48(50(60)51-47)42-64-62-36-34-54(39-45(57)31-27-23-19-15-11-7-3)40-46(58)32-28-24-20-16-12-8-4/h43-48,55-58H,5-42H2,1-4H3,(H,51,60)(H,52,59). The third kappa shape index (κ3) is 36.1. The molecule has 1 aliphatic rings. The number of carbonyl (C=O) groups is 2. The Morgan fingerprint density at radius 1 is 0.406 bits per heavy atom. The molecule has 1 heterocycles. The van der Waals surface area contributed by atoms with Gasteiger partial charge in [0.05, 0.1) is 24.4 Å². The van der Waals surface area contributed by atoms with E-state index in [0.29, 0.717) is 37.7 Å². The molecule has 2 amide bonds. The van der Waals surface area contributed by atoms with E-state index in [-0.39, 0.29) is 11.8 Å². The molecule has 1 rings (SSSR count). The van der Waals surface area contributed by atoms with Gasteiger partial charge in [0.2, 0.25) is 11.8 Å². The van der Waals surface area contributed by atoms with E-state index in [1.165, 1.54) is 103 Å². The first-order valence-corrected chi connectivity index (χ1v) is 31.4. The number of carbonyl (C=O) groups excluding carboxylic acids is 2. The van der Waals surface area contributed by atoms with Gasteiger partial charge >= 0.3 is 0 Å². The maximum Gasteiger partial charge on any atom is 0.244 e. The van der Waals surface area contributed by atoms with E-state index in [0.717, 1.165) is 102 Å². The van der Waals surface area contributed by atoms with Crippen LogP contribution in [0.5, 0.6) is 0 Å². The molecule has 1 aliphatic heterocycles. The normalized spacial score (nSPS) is 17.5. The fourth-order valence-corrected chi connectivity index (χ4v) is 12.7. The molecule has 0 spiro atoms. The van der Waals surface area contributed by atoms with Gasteiger partial charge in [0, 0.05) is 62.3 Å². The molecular formula is C50H100N4O6S4. The third-order valence-electron chi connectivity index (χ3n) is 12.3. The number of nitrogens with one attached hydrogen (secondary N) is 2. The van der Waals surface area contributed by atoms with E-state index >= 15 is 0 Å². The summed E-state index contributed by atoms with van der Waals surface area (Å²) >= 11 is 0. The molecule has 10 nitrogen and oxygen atoms in total. The maximum atomic E-state index is 13.1. The van der Waals surface area contributed by atoms with Crippen LogP contribution >= 0.6 is 43.2 Å². The Labute approximate surface area is 409 Å². The summed E-state index contributed by atoms with van der Waals surface area (Å²) in [6.45, 7) is 12.7. The molecule has 0 aliphatic carbocycles. The summed E-state index contributed by atoms with van der Waals surface area (Å²) in [6.07, 6.45) is 30.4. The monoisotopic (exact) mass is 981 g/mol. The minimum atomic E-state index is -0.576. The van der Waals surface area contributed by atoms with Crippen molar-refractivity contribution in [1.82, 2.24) is 20.4 Å². The largest absolute Gasteiger partial charge is 0.392 e. The number of aliphatic hydroxyl groups excluding tert-OH is 4. The van der Waals surface area contributed by atoms with Crippen molar-refractivity contribution in [3.63, 3.8) is 0 Å². The molecule has 1 fully saturated rings. The lowest BCUT2D eigenvalue weighted by atomic mass is 10.1. The summed E-state index contributed by atoms with van der Waals surface area (Å²) in [5.41, 5.74) is 0. The van der Waals surface area contributed by atoms with E-state index in [4.69, 9.17) is 0 Å². The van der Waals surface area contributed by atoms with Crippen molar-refractivity contribution in [1.29, 1.82) is 0 Å². The smallest absolute Gasteiger partial charge is 0.244 e. The quantitative estimate of drug-likeness (QED) is 0.0255. The molecule has 64 heavy (non-hydrogen) atoms. The molecule has 14 heteroatoms. The molecule has 6 N–H and O–H groups in total. The Bertz CT molecular complexity index is 946. The number of hydrogen-bond donors (Lipinski definition) is 6. The Morgan fingerprint density at radius 3 is 0.922 bits per heavy atom. The lowest BCUT2D eigenvalue weighted by Gasteiger charge is -2.29. The van der Waals surface area contributed by atoms with E-state index in [1.807, 2.05) is 0 Å². The second-order valence-corrected chi connectivity index (χ2v) is 23.9. The molecular weight excluding hydrogens is 881 g/mol. The van der Waals surface area contributed by atoms with Gasteiger partial charge in [-0.1, -0.05) is 225 Å². The Morgan fingerprint density at radius 2 is 0.656 bits per heavy atom. The van der Waals surface area contributed by atoms with Gasteiger partial charge in [0.15, 0.2) is 0 Å². The predicted molar refractivity (Wildman–Crippen MR) is 283 cm³/mol. The molecule has 0 aromatic carbocycles. The number of piperazine rings is 1. The third-order valence-corrected chi connectivity index (χ3v) is 17.1. The highest BCUT2D eigenvalue weighted by atomic mass is 33.1. The van der Waals surface area contributed by atoms with Crippen LogP contribution in [-0.4, -0.2) is 141 Å². The average molecular weight is 982 g/mol. The van der Waals surface area contributed by atoms with Crippen LogP contribution in [-0.2, 0) is 9.59 Å². The van der Waals surface area contributed by atoms with Crippen molar-refractivity contribution in [2.24, 2.45) is 0 Å². The van der Waals surface area contributed by atoms with E-state index in [2.05, 4.69) is 48.1 Å². The van der Waals surface area contributed by atoms with Crippen molar-refractivity contribution in [3.8, 4) is 0 Å². The van der Waals surface area contributed by atoms with E-state index in [1.54, 1.807) is 43.2 Å². The fraction of sp³-hybridized carbons (Fsp3) is 0.960. The van der Waals surface area contributed by atoms with Crippen LogP contribution in [0.3, 0.4) is 0 Å². The fourth-order valence-electron chi connectivity index (χ4n) is 8.31. The number of rotatable bonds is 48. The van der Waals surface area contributed by atoms with Crippen LogP contribution in [0.25, 0.3) is 0 Å². The zero-order valence-electron chi connectivity index (χ0n) is 41.5.